The van der Waals surface area contributed by atoms with Gasteiger partial charge in [0.15, 0.2) is 11.5 Å². The van der Waals surface area contributed by atoms with Crippen LogP contribution >= 0.6 is 0 Å². The zero-order valence-corrected chi connectivity index (χ0v) is 16.5. The van der Waals surface area contributed by atoms with E-state index in [1.54, 1.807) is 42.5 Å². The van der Waals surface area contributed by atoms with E-state index in [1.807, 2.05) is 30.3 Å². The van der Waals surface area contributed by atoms with Crippen LogP contribution in [0.2, 0.25) is 0 Å². The van der Waals surface area contributed by atoms with Gasteiger partial charge in [0.25, 0.3) is 0 Å². The summed E-state index contributed by atoms with van der Waals surface area (Å²) in [6.07, 6.45) is -4.56. The maximum atomic E-state index is 14.4. The van der Waals surface area contributed by atoms with Crippen molar-refractivity contribution < 1.29 is 22.6 Å². The molecule has 0 spiro atoms. The van der Waals surface area contributed by atoms with E-state index in [-0.39, 0.29) is 12.1 Å². The van der Waals surface area contributed by atoms with Crippen molar-refractivity contribution in [2.24, 2.45) is 0 Å². The lowest BCUT2D eigenvalue weighted by Gasteiger charge is -2.15. The highest BCUT2D eigenvalue weighted by Gasteiger charge is 2.40. The number of fused-ring (bicyclic) bond motifs is 1. The first-order valence-electron chi connectivity index (χ1n) is 9.38. The second-order valence-electron chi connectivity index (χ2n) is 6.88. The van der Waals surface area contributed by atoms with Crippen LogP contribution in [-0.4, -0.2) is 18.8 Å². The van der Waals surface area contributed by atoms with E-state index < -0.39 is 11.9 Å². The molecule has 0 fully saturated rings. The van der Waals surface area contributed by atoms with E-state index in [4.69, 9.17) is 9.47 Å². The van der Waals surface area contributed by atoms with E-state index in [9.17, 15) is 13.2 Å². The van der Waals surface area contributed by atoms with Crippen molar-refractivity contribution >= 4 is 10.9 Å². The molecule has 3 nitrogen and oxygen atoms in total. The number of alkyl halides is 3. The second-order valence-corrected chi connectivity index (χ2v) is 6.88. The summed E-state index contributed by atoms with van der Waals surface area (Å²) in [5.74, 6) is 0.762. The molecule has 4 aromatic rings. The third-order valence-corrected chi connectivity index (χ3v) is 5.08. The predicted molar refractivity (Wildman–Crippen MR) is 111 cm³/mol. The van der Waals surface area contributed by atoms with Crippen LogP contribution in [0.3, 0.4) is 0 Å². The number of methoxy groups -OCH3 is 2. The Labute approximate surface area is 172 Å². The zero-order chi connectivity index (χ0) is 21.3. The number of benzene rings is 3. The van der Waals surface area contributed by atoms with Crippen molar-refractivity contribution in [1.82, 2.24) is 4.57 Å². The minimum Gasteiger partial charge on any atom is -0.493 e. The molecule has 0 aliphatic carbocycles. The molecular formula is C24H20F3NO2. The summed E-state index contributed by atoms with van der Waals surface area (Å²) < 4.78 is 55.3. The third kappa shape index (κ3) is 3.49. The first kappa shape index (κ1) is 19.9. The molecule has 154 valence electrons. The number of hydrogen-bond acceptors (Lipinski definition) is 2. The number of ether oxygens (including phenoxy) is 2. The van der Waals surface area contributed by atoms with Crippen molar-refractivity contribution in [3.63, 3.8) is 0 Å². The summed E-state index contributed by atoms with van der Waals surface area (Å²) in [6.45, 7) is 0.0779. The third-order valence-electron chi connectivity index (χ3n) is 5.08. The van der Waals surface area contributed by atoms with E-state index in [1.165, 1.54) is 18.8 Å². The zero-order valence-electron chi connectivity index (χ0n) is 16.5. The predicted octanol–water partition coefficient (Wildman–Crippen LogP) is 6.39. The highest BCUT2D eigenvalue weighted by molar-refractivity contribution is 6.00. The van der Waals surface area contributed by atoms with Crippen LogP contribution in [0, 0.1) is 0 Å². The topological polar surface area (TPSA) is 23.4 Å². The Hall–Kier alpha value is -3.41. The average Bonchev–Trinajstić information content (AvgIpc) is 3.07. The molecule has 30 heavy (non-hydrogen) atoms. The van der Waals surface area contributed by atoms with Gasteiger partial charge in [-0.15, -0.1) is 0 Å². The number of hydrogen-bond donors (Lipinski definition) is 0. The monoisotopic (exact) mass is 411 g/mol. The molecule has 0 unspecified atom stereocenters. The van der Waals surface area contributed by atoms with Gasteiger partial charge in [-0.3, -0.25) is 0 Å². The SMILES string of the molecule is COc1cc2c(-c3ccccc3)c(C(F)(F)F)n(Cc3ccccc3)c2cc1OC. The Morgan fingerprint density at radius 2 is 1.37 bits per heavy atom. The molecule has 0 bridgehead atoms. The summed E-state index contributed by atoms with van der Waals surface area (Å²) in [5.41, 5.74) is 1.14. The molecule has 0 amide bonds. The van der Waals surface area contributed by atoms with Crippen LogP contribution in [0.5, 0.6) is 11.5 Å². The van der Waals surface area contributed by atoms with Gasteiger partial charge in [0.2, 0.25) is 0 Å². The normalized spacial score (nSPS) is 11.6. The van der Waals surface area contributed by atoms with Crippen molar-refractivity contribution in [3.8, 4) is 22.6 Å². The number of aromatic nitrogens is 1. The van der Waals surface area contributed by atoms with E-state index in [0.717, 1.165) is 5.56 Å². The van der Waals surface area contributed by atoms with Gasteiger partial charge < -0.3 is 14.0 Å². The smallest absolute Gasteiger partial charge is 0.432 e. The van der Waals surface area contributed by atoms with Crippen molar-refractivity contribution in [1.29, 1.82) is 0 Å². The van der Waals surface area contributed by atoms with Gasteiger partial charge in [0, 0.05) is 23.6 Å². The van der Waals surface area contributed by atoms with Gasteiger partial charge in [0.1, 0.15) is 5.69 Å². The molecule has 0 N–H and O–H groups in total. The Morgan fingerprint density at radius 1 is 0.800 bits per heavy atom. The van der Waals surface area contributed by atoms with Gasteiger partial charge in [-0.2, -0.15) is 13.2 Å². The van der Waals surface area contributed by atoms with Gasteiger partial charge in [-0.25, -0.2) is 0 Å². The highest BCUT2D eigenvalue weighted by atomic mass is 19.4. The first-order valence-corrected chi connectivity index (χ1v) is 9.38. The fourth-order valence-corrected chi connectivity index (χ4v) is 3.80. The highest BCUT2D eigenvalue weighted by Crippen LogP contribution is 2.46. The lowest BCUT2D eigenvalue weighted by Crippen LogP contribution is -2.15. The van der Waals surface area contributed by atoms with Crippen LogP contribution < -0.4 is 9.47 Å². The van der Waals surface area contributed by atoms with Crippen LogP contribution in [0.4, 0.5) is 13.2 Å². The number of halogens is 3. The fourth-order valence-electron chi connectivity index (χ4n) is 3.80. The van der Waals surface area contributed by atoms with E-state index in [0.29, 0.717) is 28.0 Å². The Bertz CT molecular complexity index is 1170. The summed E-state index contributed by atoms with van der Waals surface area (Å²) in [7, 11) is 2.94. The second kappa shape index (κ2) is 7.78. The Morgan fingerprint density at radius 3 is 1.93 bits per heavy atom. The molecule has 4 rings (SSSR count). The maximum Gasteiger partial charge on any atom is 0.432 e. The van der Waals surface area contributed by atoms with Crippen LogP contribution in [0.15, 0.2) is 72.8 Å². The van der Waals surface area contributed by atoms with Gasteiger partial charge in [0.05, 0.1) is 19.7 Å². The van der Waals surface area contributed by atoms with Crippen LogP contribution in [0.25, 0.3) is 22.0 Å². The number of nitrogens with zero attached hydrogens (tertiary/aromatic N) is 1. The summed E-state index contributed by atoms with van der Waals surface area (Å²) in [6, 6.07) is 20.9. The first-order chi connectivity index (χ1) is 14.4. The Kier molecular flexibility index (Phi) is 5.16. The van der Waals surface area contributed by atoms with Crippen molar-refractivity contribution in [3.05, 3.63) is 84.1 Å². The van der Waals surface area contributed by atoms with Gasteiger partial charge in [-0.1, -0.05) is 60.7 Å². The molecule has 3 aromatic carbocycles. The molecule has 1 heterocycles. The summed E-state index contributed by atoms with van der Waals surface area (Å²) in [4.78, 5) is 0. The molecule has 0 aliphatic heterocycles. The minimum absolute atomic E-state index is 0.0779. The molecule has 0 aliphatic rings. The van der Waals surface area contributed by atoms with Crippen molar-refractivity contribution in [2.45, 2.75) is 12.7 Å². The van der Waals surface area contributed by atoms with Crippen molar-refractivity contribution in [2.75, 3.05) is 14.2 Å². The summed E-state index contributed by atoms with van der Waals surface area (Å²) >= 11 is 0. The Balaban J connectivity index is 2.11. The molecule has 0 saturated heterocycles. The average molecular weight is 411 g/mol. The van der Waals surface area contributed by atoms with Gasteiger partial charge in [-0.05, 0) is 17.2 Å². The lowest BCUT2D eigenvalue weighted by atomic mass is 10.0. The van der Waals surface area contributed by atoms with E-state index >= 15 is 0 Å². The molecular weight excluding hydrogens is 391 g/mol. The fraction of sp³-hybridized carbons (Fsp3) is 0.167. The quantitative estimate of drug-likeness (QED) is 0.380. The largest absolute Gasteiger partial charge is 0.493 e. The summed E-state index contributed by atoms with van der Waals surface area (Å²) in [5, 5.41) is 0.460. The standard InChI is InChI=1S/C24H20F3NO2/c1-29-20-13-18-19(14-21(20)30-2)28(15-16-9-5-3-6-10-16)23(24(25,26)27)22(18)17-11-7-4-8-12-17/h3-14H,15H2,1-2H3. The molecule has 0 radical (unpaired) electrons. The van der Waals surface area contributed by atoms with E-state index in [2.05, 4.69) is 0 Å². The van der Waals surface area contributed by atoms with Crippen LogP contribution in [0.1, 0.15) is 11.3 Å². The lowest BCUT2D eigenvalue weighted by molar-refractivity contribution is -0.142. The minimum atomic E-state index is -4.56. The van der Waals surface area contributed by atoms with Crippen LogP contribution in [-0.2, 0) is 12.7 Å². The van der Waals surface area contributed by atoms with Gasteiger partial charge >= 0.3 is 6.18 Å². The molecule has 1 aromatic heterocycles. The number of rotatable bonds is 5. The molecule has 0 saturated carbocycles. The maximum absolute atomic E-state index is 14.4. The molecule has 0 atom stereocenters. The molecule has 6 heteroatoms.